The molecule has 0 bridgehead atoms. The molecule has 0 heterocycles. The van der Waals surface area contributed by atoms with Gasteiger partial charge in [0.05, 0.1) is 0 Å². The third-order valence-corrected chi connectivity index (χ3v) is 4.58. The molecule has 4 N–H and O–H groups in total. The fraction of sp³-hybridized carbons (Fsp3) is 1.00. The Labute approximate surface area is 125 Å². The second-order valence-electron chi connectivity index (χ2n) is 6.69. The molecule has 0 saturated heterocycles. The SMILES string of the molecule is CCC[C@@H]1CC1[C@H](C)C[C@H](C)NNC[C@H](CO)CNC. The lowest BCUT2D eigenvalue weighted by atomic mass is 9.96. The lowest BCUT2D eigenvalue weighted by Crippen LogP contribution is -2.44. The van der Waals surface area contributed by atoms with Gasteiger partial charge in [-0.2, -0.15) is 0 Å². The smallest absolute Gasteiger partial charge is 0.0484 e. The van der Waals surface area contributed by atoms with E-state index in [9.17, 15) is 5.11 Å². The summed E-state index contributed by atoms with van der Waals surface area (Å²) in [5.74, 6) is 3.06. The van der Waals surface area contributed by atoms with E-state index in [1.54, 1.807) is 0 Å². The third-order valence-electron chi connectivity index (χ3n) is 4.58. The number of nitrogens with one attached hydrogen (secondary N) is 3. The molecule has 0 aromatic heterocycles. The number of aliphatic hydroxyl groups is 1. The van der Waals surface area contributed by atoms with Crippen molar-refractivity contribution >= 4 is 0 Å². The van der Waals surface area contributed by atoms with Crippen molar-refractivity contribution in [2.24, 2.45) is 23.7 Å². The Hall–Kier alpha value is -0.160. The van der Waals surface area contributed by atoms with Crippen molar-refractivity contribution in [1.82, 2.24) is 16.2 Å². The molecule has 5 atom stereocenters. The summed E-state index contributed by atoms with van der Waals surface area (Å²) in [6, 6.07) is 0.488. The molecule has 0 spiro atoms. The molecule has 1 saturated carbocycles. The number of aliphatic hydroxyl groups excluding tert-OH is 1. The summed E-state index contributed by atoms with van der Waals surface area (Å²) in [6.07, 6.45) is 5.42. The zero-order valence-corrected chi connectivity index (χ0v) is 13.8. The van der Waals surface area contributed by atoms with Gasteiger partial charge < -0.3 is 10.4 Å². The van der Waals surface area contributed by atoms with E-state index >= 15 is 0 Å². The Balaban J connectivity index is 2.09. The van der Waals surface area contributed by atoms with Crippen LogP contribution in [-0.4, -0.2) is 37.9 Å². The van der Waals surface area contributed by atoms with Crippen molar-refractivity contribution in [1.29, 1.82) is 0 Å². The Morgan fingerprint density at radius 1 is 1.25 bits per heavy atom. The van der Waals surface area contributed by atoms with Crippen LogP contribution in [0.4, 0.5) is 0 Å². The molecule has 0 amide bonds. The molecule has 0 aliphatic heterocycles. The van der Waals surface area contributed by atoms with Crippen LogP contribution in [0.2, 0.25) is 0 Å². The first kappa shape index (κ1) is 17.9. The van der Waals surface area contributed by atoms with Gasteiger partial charge in [0.25, 0.3) is 0 Å². The number of hydrogen-bond donors (Lipinski definition) is 4. The minimum absolute atomic E-state index is 0.223. The van der Waals surface area contributed by atoms with Crippen molar-refractivity contribution in [3.05, 3.63) is 0 Å². The first-order valence-electron chi connectivity index (χ1n) is 8.36. The molecule has 0 aromatic carbocycles. The first-order chi connectivity index (χ1) is 9.62. The molecule has 1 aliphatic carbocycles. The van der Waals surface area contributed by atoms with Gasteiger partial charge in [-0.25, -0.2) is 0 Å². The minimum atomic E-state index is 0.223. The molecule has 20 heavy (non-hydrogen) atoms. The minimum Gasteiger partial charge on any atom is -0.396 e. The first-order valence-corrected chi connectivity index (χ1v) is 8.36. The summed E-state index contributed by atoms with van der Waals surface area (Å²) in [4.78, 5) is 0. The molecule has 120 valence electrons. The van der Waals surface area contributed by atoms with E-state index in [1.165, 1.54) is 25.7 Å². The molecule has 1 fully saturated rings. The molecular weight excluding hydrogens is 250 g/mol. The van der Waals surface area contributed by atoms with Crippen molar-refractivity contribution < 1.29 is 5.11 Å². The maximum absolute atomic E-state index is 9.22. The largest absolute Gasteiger partial charge is 0.396 e. The van der Waals surface area contributed by atoms with E-state index < -0.39 is 0 Å². The van der Waals surface area contributed by atoms with Crippen LogP contribution in [0, 0.1) is 23.7 Å². The zero-order chi connectivity index (χ0) is 15.0. The van der Waals surface area contributed by atoms with E-state index in [1.807, 2.05) is 7.05 Å². The van der Waals surface area contributed by atoms with Crippen molar-refractivity contribution in [2.75, 3.05) is 26.7 Å². The van der Waals surface area contributed by atoms with Crippen LogP contribution in [0.5, 0.6) is 0 Å². The molecule has 0 radical (unpaired) electrons. The average molecular weight is 285 g/mol. The van der Waals surface area contributed by atoms with E-state index in [2.05, 4.69) is 36.9 Å². The number of hydrogen-bond acceptors (Lipinski definition) is 4. The van der Waals surface area contributed by atoms with Gasteiger partial charge in [-0.05, 0) is 44.6 Å². The Bertz CT molecular complexity index is 250. The fourth-order valence-electron chi connectivity index (χ4n) is 3.33. The van der Waals surface area contributed by atoms with Crippen molar-refractivity contribution in [2.45, 2.75) is 52.5 Å². The Kier molecular flexibility index (Phi) is 8.69. The second kappa shape index (κ2) is 9.72. The predicted molar refractivity (Wildman–Crippen MR) is 85.4 cm³/mol. The van der Waals surface area contributed by atoms with E-state index in [0.717, 1.165) is 30.8 Å². The van der Waals surface area contributed by atoms with Crippen molar-refractivity contribution in [3.8, 4) is 0 Å². The van der Waals surface area contributed by atoms with Crippen LogP contribution in [-0.2, 0) is 0 Å². The van der Waals surface area contributed by atoms with Gasteiger partial charge in [-0.15, -0.1) is 0 Å². The molecular formula is C16H35N3O. The van der Waals surface area contributed by atoms with Crippen LogP contribution < -0.4 is 16.2 Å². The van der Waals surface area contributed by atoms with Crippen molar-refractivity contribution in [3.63, 3.8) is 0 Å². The van der Waals surface area contributed by atoms with Crippen LogP contribution in [0.15, 0.2) is 0 Å². The summed E-state index contributed by atoms with van der Waals surface area (Å²) in [5, 5.41) is 12.3. The number of hydrazine groups is 1. The molecule has 1 aliphatic rings. The molecule has 4 heteroatoms. The monoisotopic (exact) mass is 285 g/mol. The topological polar surface area (TPSA) is 56.3 Å². The van der Waals surface area contributed by atoms with Gasteiger partial charge in [0.1, 0.15) is 0 Å². The molecule has 0 aromatic rings. The van der Waals surface area contributed by atoms with Crippen LogP contribution in [0.3, 0.4) is 0 Å². The normalized spacial score (nSPS) is 26.2. The average Bonchev–Trinajstić information content (AvgIpc) is 3.17. The Morgan fingerprint density at radius 3 is 2.60 bits per heavy atom. The van der Waals surface area contributed by atoms with Gasteiger partial charge in [-0.3, -0.25) is 10.9 Å². The quantitative estimate of drug-likeness (QED) is 0.413. The summed E-state index contributed by atoms with van der Waals surface area (Å²) >= 11 is 0. The van der Waals surface area contributed by atoms with Gasteiger partial charge in [0.2, 0.25) is 0 Å². The van der Waals surface area contributed by atoms with E-state index in [-0.39, 0.29) is 12.5 Å². The summed E-state index contributed by atoms with van der Waals surface area (Å²) < 4.78 is 0. The highest BCUT2D eigenvalue weighted by Crippen LogP contribution is 2.48. The predicted octanol–water partition coefficient (Wildman–Crippen LogP) is 1.76. The zero-order valence-electron chi connectivity index (χ0n) is 13.8. The highest BCUT2D eigenvalue weighted by Gasteiger charge is 2.39. The highest BCUT2D eigenvalue weighted by atomic mass is 16.3. The second-order valence-corrected chi connectivity index (χ2v) is 6.69. The van der Waals surface area contributed by atoms with E-state index in [0.29, 0.717) is 6.04 Å². The van der Waals surface area contributed by atoms with Crippen LogP contribution in [0.25, 0.3) is 0 Å². The molecule has 1 unspecified atom stereocenters. The van der Waals surface area contributed by atoms with E-state index in [4.69, 9.17) is 0 Å². The maximum atomic E-state index is 9.22. The number of rotatable bonds is 12. The lowest BCUT2D eigenvalue weighted by molar-refractivity contribution is 0.212. The van der Waals surface area contributed by atoms with Crippen LogP contribution >= 0.6 is 0 Å². The fourth-order valence-corrected chi connectivity index (χ4v) is 3.33. The van der Waals surface area contributed by atoms with Crippen LogP contribution in [0.1, 0.15) is 46.5 Å². The van der Waals surface area contributed by atoms with Gasteiger partial charge in [0, 0.05) is 31.7 Å². The summed E-state index contributed by atoms with van der Waals surface area (Å²) in [5.41, 5.74) is 6.65. The summed E-state index contributed by atoms with van der Waals surface area (Å²) in [7, 11) is 1.92. The summed E-state index contributed by atoms with van der Waals surface area (Å²) in [6.45, 7) is 8.80. The Morgan fingerprint density at radius 2 is 2.00 bits per heavy atom. The standard InChI is InChI=1S/C16H35N3O/c1-5-6-15-8-16(15)12(2)7-13(3)19-18-10-14(11-20)9-17-4/h12-20H,5-11H2,1-4H3/t12-,13+,14-,15-,16?/m1/s1. The molecule has 4 nitrogen and oxygen atoms in total. The maximum Gasteiger partial charge on any atom is 0.0484 e. The van der Waals surface area contributed by atoms with Gasteiger partial charge in [-0.1, -0.05) is 26.7 Å². The third kappa shape index (κ3) is 6.53. The molecule has 1 rings (SSSR count). The van der Waals surface area contributed by atoms with Gasteiger partial charge >= 0.3 is 0 Å². The lowest BCUT2D eigenvalue weighted by Gasteiger charge is -2.21. The van der Waals surface area contributed by atoms with Gasteiger partial charge in [0.15, 0.2) is 0 Å². The highest BCUT2D eigenvalue weighted by molar-refractivity contribution is 4.90.